The zero-order chi connectivity index (χ0) is 34.2. The summed E-state index contributed by atoms with van der Waals surface area (Å²) in [5.74, 6) is -4.50. The summed E-state index contributed by atoms with van der Waals surface area (Å²) in [7, 11) is 0. The Morgan fingerprint density at radius 2 is 1.90 bits per heavy atom. The number of likely N-dealkylation sites (tertiary alicyclic amines) is 1. The maximum atomic E-state index is 13.6. The van der Waals surface area contributed by atoms with E-state index >= 15 is 0 Å². The summed E-state index contributed by atoms with van der Waals surface area (Å²) < 4.78 is 128. The van der Waals surface area contributed by atoms with Crippen LogP contribution in [-0.2, 0) is 13.0 Å². The first-order valence-electron chi connectivity index (χ1n) is 16.8. The third-order valence-corrected chi connectivity index (χ3v) is 4.78. The van der Waals surface area contributed by atoms with Crippen molar-refractivity contribution in [3.05, 3.63) is 65.5 Å². The van der Waals surface area contributed by atoms with E-state index in [-0.39, 0.29) is 43.8 Å². The van der Waals surface area contributed by atoms with E-state index in [1.165, 1.54) is 41.3 Å². The van der Waals surface area contributed by atoms with Crippen LogP contribution in [0.4, 0.5) is 9.18 Å². The first kappa shape index (κ1) is 10.8. The molecule has 0 radical (unpaired) electrons. The van der Waals surface area contributed by atoms with E-state index in [2.05, 4.69) is 5.32 Å². The lowest BCUT2D eigenvalue weighted by molar-refractivity contribution is 0.127. The largest absolute Gasteiger partial charge is 0.493 e. The Hall–Kier alpha value is -2.60. The molecule has 0 spiro atoms. The minimum Gasteiger partial charge on any atom is -0.493 e. The lowest BCUT2D eigenvalue weighted by atomic mass is 10.0. The van der Waals surface area contributed by atoms with Gasteiger partial charge < -0.3 is 19.9 Å². The molecule has 1 aliphatic heterocycles. The first-order chi connectivity index (χ1) is 20.4. The van der Waals surface area contributed by atoms with E-state index in [0.717, 1.165) is 17.0 Å². The Labute approximate surface area is 204 Å². The van der Waals surface area contributed by atoms with Crippen LogP contribution in [0.3, 0.4) is 0 Å². The summed E-state index contributed by atoms with van der Waals surface area (Å²) in [6.07, 6.45) is 0.315. The zero-order valence-electron chi connectivity index (χ0n) is 30.8. The number of carbonyl (C=O) groups excluding carboxylic acids is 1. The highest BCUT2D eigenvalue weighted by molar-refractivity contribution is 5.74. The minimum absolute atomic E-state index is 0.00709. The van der Waals surface area contributed by atoms with Crippen LogP contribution < -0.4 is 10.1 Å². The number of ether oxygens (including phenoxy) is 1. The summed E-state index contributed by atoms with van der Waals surface area (Å²) in [6, 6.07) is 8.15. The highest BCUT2D eigenvalue weighted by atomic mass is 19.1. The van der Waals surface area contributed by atoms with Crippen LogP contribution in [0.5, 0.6) is 5.75 Å². The summed E-state index contributed by atoms with van der Waals surface area (Å²) in [4.78, 5) is 15.7. The molecule has 1 N–H and O–H groups in total. The molecule has 0 bridgehead atoms. The number of halogens is 1. The number of amides is 2. The normalized spacial score (nSPS) is 24.3. The van der Waals surface area contributed by atoms with E-state index in [0.29, 0.717) is 5.56 Å². The van der Waals surface area contributed by atoms with Crippen molar-refractivity contribution in [2.24, 2.45) is 5.89 Å². The SMILES string of the molecule is [2H]C([2H])([2H])N1CCC(N(C(=O)NCc2ccc(OC([2H])([2H])C([2H])(C([2H])([2H])[2H])C([2H])([2H])[2H])cc2)C([2H])([2H])c2ccc(F)cc2)CC1. The molecule has 1 saturated heterocycles. The molecule has 0 atom stereocenters. The van der Waals surface area contributed by atoms with E-state index in [9.17, 15) is 9.18 Å². The fourth-order valence-electron chi connectivity index (χ4n) is 3.14. The molecular weight excluding hydrogens is 393 g/mol. The molecule has 0 aliphatic carbocycles. The Kier molecular flexibility index (Phi) is 3.89. The van der Waals surface area contributed by atoms with E-state index < -0.39 is 57.5 Å². The predicted molar refractivity (Wildman–Crippen MR) is 121 cm³/mol. The fraction of sp³-hybridized carbons (Fsp3) is 0.480. The van der Waals surface area contributed by atoms with E-state index in [1.807, 2.05) is 0 Å². The van der Waals surface area contributed by atoms with Crippen LogP contribution in [0.15, 0.2) is 48.5 Å². The van der Waals surface area contributed by atoms with E-state index in [1.54, 1.807) is 0 Å². The number of nitrogens with zero attached hydrogens (tertiary/aromatic N) is 2. The van der Waals surface area contributed by atoms with Gasteiger partial charge in [-0.05, 0) is 74.2 Å². The van der Waals surface area contributed by atoms with Gasteiger partial charge in [-0.1, -0.05) is 38.0 Å². The zero-order valence-corrected chi connectivity index (χ0v) is 16.8. The minimum atomic E-state index is -3.62. The van der Waals surface area contributed by atoms with Crippen LogP contribution in [-0.4, -0.2) is 48.5 Å². The maximum absolute atomic E-state index is 13.6. The van der Waals surface area contributed by atoms with Crippen LogP contribution in [0.1, 0.15) is 56.9 Å². The standard InChI is InChI=1S/C25H34FN3O2/c1-19(2)18-31-24-10-6-20(7-11-24)16-27-25(30)29(23-12-14-28(3)15-13-23)17-21-4-8-22(26)9-5-21/h4-11,19,23H,12-18H2,1-3H3,(H,27,30)/i1D3,2D3,3D3,17D2,18D2,19D. The molecule has 5 nitrogen and oxygen atoms in total. The van der Waals surface area contributed by atoms with Crippen molar-refractivity contribution in [2.45, 2.75) is 45.6 Å². The summed E-state index contributed by atoms with van der Waals surface area (Å²) in [6.45, 7) is -15.4. The van der Waals surface area contributed by atoms with Crippen molar-refractivity contribution in [3.8, 4) is 5.75 Å². The molecule has 1 fully saturated rings. The molecule has 0 aromatic heterocycles. The molecular formula is C25H34FN3O2. The Balaban J connectivity index is 1.79. The van der Waals surface area contributed by atoms with Crippen LogP contribution in [0.2, 0.25) is 0 Å². The molecule has 2 amide bonds. The molecule has 2 aromatic rings. The summed E-state index contributed by atoms with van der Waals surface area (Å²) in [5.41, 5.74) is 0.423. The monoisotopic (exact) mass is 441 g/mol. The Morgan fingerprint density at radius 3 is 2.55 bits per heavy atom. The lowest BCUT2D eigenvalue weighted by Gasteiger charge is -2.37. The number of hydrogen-bond donors (Lipinski definition) is 1. The van der Waals surface area contributed by atoms with Gasteiger partial charge in [-0.2, -0.15) is 0 Å². The van der Waals surface area contributed by atoms with Gasteiger partial charge in [0.1, 0.15) is 11.6 Å². The van der Waals surface area contributed by atoms with Gasteiger partial charge >= 0.3 is 6.03 Å². The maximum Gasteiger partial charge on any atom is 0.318 e. The van der Waals surface area contributed by atoms with Gasteiger partial charge in [0.15, 0.2) is 0 Å². The quantitative estimate of drug-likeness (QED) is 0.648. The van der Waals surface area contributed by atoms with Gasteiger partial charge in [0, 0.05) is 32.8 Å². The average molecular weight is 442 g/mol. The topological polar surface area (TPSA) is 44.8 Å². The molecule has 0 unspecified atom stereocenters. The van der Waals surface area contributed by atoms with Crippen molar-refractivity contribution in [2.75, 3.05) is 26.6 Å². The molecule has 6 heteroatoms. The van der Waals surface area contributed by atoms with Crippen molar-refractivity contribution >= 4 is 6.03 Å². The number of urea groups is 1. The Morgan fingerprint density at radius 1 is 1.23 bits per heavy atom. The van der Waals surface area contributed by atoms with Crippen LogP contribution in [0.25, 0.3) is 0 Å². The average Bonchev–Trinajstić information content (AvgIpc) is 2.90. The van der Waals surface area contributed by atoms with Crippen molar-refractivity contribution in [1.82, 2.24) is 15.1 Å². The van der Waals surface area contributed by atoms with Crippen molar-refractivity contribution < 1.29 is 33.1 Å². The molecule has 0 saturated carbocycles. The second kappa shape index (κ2) is 11.1. The van der Waals surface area contributed by atoms with Crippen LogP contribution >= 0.6 is 0 Å². The van der Waals surface area contributed by atoms with Gasteiger partial charge in [-0.15, -0.1) is 0 Å². The highest BCUT2D eigenvalue weighted by Gasteiger charge is 2.27. The predicted octanol–water partition coefficient (Wildman–Crippen LogP) is 4.67. The number of rotatable bonds is 8. The number of nitrogens with one attached hydrogen (secondary N) is 1. The molecule has 2 aromatic carbocycles. The van der Waals surface area contributed by atoms with Crippen molar-refractivity contribution in [1.29, 1.82) is 0 Å². The van der Waals surface area contributed by atoms with Gasteiger partial charge in [-0.25, -0.2) is 9.18 Å². The molecule has 168 valence electrons. The number of carbonyl (C=O) groups is 1. The van der Waals surface area contributed by atoms with Gasteiger partial charge in [0.05, 0.1) is 12.0 Å². The molecule has 1 aliphatic rings. The molecule has 3 rings (SSSR count). The van der Waals surface area contributed by atoms with Crippen LogP contribution in [0, 0.1) is 11.7 Å². The third-order valence-electron chi connectivity index (χ3n) is 4.78. The smallest absolute Gasteiger partial charge is 0.318 e. The summed E-state index contributed by atoms with van der Waals surface area (Å²) >= 11 is 0. The second-order valence-electron chi connectivity index (χ2n) is 7.09. The van der Waals surface area contributed by atoms with Gasteiger partial charge in [0.25, 0.3) is 0 Å². The number of benzene rings is 2. The third kappa shape index (κ3) is 7.24. The van der Waals surface area contributed by atoms with E-state index in [4.69, 9.17) is 23.9 Å². The number of hydrogen-bond acceptors (Lipinski definition) is 3. The highest BCUT2D eigenvalue weighted by Crippen LogP contribution is 2.19. The molecule has 31 heavy (non-hydrogen) atoms. The van der Waals surface area contributed by atoms with Gasteiger partial charge in [0.2, 0.25) is 0 Å². The molecule has 1 heterocycles. The second-order valence-corrected chi connectivity index (χ2v) is 7.09. The first-order valence-corrected chi connectivity index (χ1v) is 9.78. The number of piperidine rings is 1. The van der Waals surface area contributed by atoms with Crippen molar-refractivity contribution in [3.63, 3.8) is 0 Å². The van der Waals surface area contributed by atoms with Gasteiger partial charge in [-0.3, -0.25) is 0 Å². The fourth-order valence-corrected chi connectivity index (χ4v) is 3.14. The lowest BCUT2D eigenvalue weighted by Crippen LogP contribution is -2.49. The Bertz CT molecular complexity index is 1290. The summed E-state index contributed by atoms with van der Waals surface area (Å²) in [5, 5.41) is 2.61.